The molecule has 0 saturated heterocycles. The molecule has 1 aliphatic carbocycles. The molecule has 5 nitrogen and oxygen atoms in total. The zero-order valence-corrected chi connectivity index (χ0v) is 17.9. The third kappa shape index (κ3) is 4.25. The maximum absolute atomic E-state index is 14.5. The lowest BCUT2D eigenvalue weighted by molar-refractivity contribution is -0.147. The Morgan fingerprint density at radius 3 is 1.77 bits per heavy atom. The van der Waals surface area contributed by atoms with Crippen molar-refractivity contribution in [3.63, 3.8) is 0 Å². The van der Waals surface area contributed by atoms with Gasteiger partial charge in [0, 0.05) is 17.5 Å². The minimum absolute atomic E-state index is 0.335. The van der Waals surface area contributed by atoms with Crippen LogP contribution >= 0.6 is 0 Å². The molecule has 1 unspecified atom stereocenters. The van der Waals surface area contributed by atoms with Crippen molar-refractivity contribution < 1.29 is 41.4 Å². The maximum atomic E-state index is 14.5. The van der Waals surface area contributed by atoms with Gasteiger partial charge in [0.15, 0.2) is 23.3 Å². The van der Waals surface area contributed by atoms with Gasteiger partial charge in [0.05, 0.1) is 6.42 Å². The lowest BCUT2D eigenvalue weighted by atomic mass is 9.88. The number of rotatable bonds is 7. The highest BCUT2D eigenvalue weighted by atomic mass is 19.2. The molecule has 2 atom stereocenters. The van der Waals surface area contributed by atoms with E-state index >= 15 is 0 Å². The van der Waals surface area contributed by atoms with Crippen molar-refractivity contribution >= 4 is 11.9 Å². The Balaban J connectivity index is 1.70. The fourth-order valence-corrected chi connectivity index (χ4v) is 4.42. The fourth-order valence-electron chi connectivity index (χ4n) is 4.42. The van der Waals surface area contributed by atoms with E-state index in [9.17, 15) is 31.5 Å². The molecule has 0 aromatic heterocycles. The van der Waals surface area contributed by atoms with Crippen LogP contribution in [0.2, 0.25) is 0 Å². The number of carboxylic acids is 1. The molecule has 3 N–H and O–H groups in total. The molecule has 0 radical (unpaired) electrons. The van der Waals surface area contributed by atoms with E-state index in [1.54, 1.807) is 12.1 Å². The highest BCUT2D eigenvalue weighted by Crippen LogP contribution is 2.44. The molecular formula is C25H18F5NO4. The molecule has 0 saturated carbocycles. The zero-order chi connectivity index (χ0) is 25.4. The van der Waals surface area contributed by atoms with Gasteiger partial charge in [-0.3, -0.25) is 9.59 Å². The summed E-state index contributed by atoms with van der Waals surface area (Å²) in [6, 6.07) is 12.7. The summed E-state index contributed by atoms with van der Waals surface area (Å²) >= 11 is 0. The van der Waals surface area contributed by atoms with Crippen molar-refractivity contribution in [1.29, 1.82) is 0 Å². The summed E-state index contributed by atoms with van der Waals surface area (Å²) in [4.78, 5) is 24.1. The first-order valence-corrected chi connectivity index (χ1v) is 10.5. The Bertz CT molecular complexity index is 1250. The van der Waals surface area contributed by atoms with E-state index in [0.717, 1.165) is 22.3 Å². The Morgan fingerprint density at radius 1 is 0.829 bits per heavy atom. The summed E-state index contributed by atoms with van der Waals surface area (Å²) in [5, 5.41) is 9.05. The third-order valence-electron chi connectivity index (χ3n) is 6.00. The Morgan fingerprint density at radius 2 is 1.29 bits per heavy atom. The van der Waals surface area contributed by atoms with Crippen LogP contribution in [-0.4, -0.2) is 29.7 Å². The highest BCUT2D eigenvalue weighted by molar-refractivity contribution is 5.82. The number of hydrogen-bond donors (Lipinski definition) is 2. The van der Waals surface area contributed by atoms with E-state index in [4.69, 9.17) is 15.6 Å². The highest BCUT2D eigenvalue weighted by Gasteiger charge is 2.40. The number of benzene rings is 3. The summed E-state index contributed by atoms with van der Waals surface area (Å²) in [5.41, 5.74) is 7.58. The molecule has 0 heterocycles. The first-order valence-electron chi connectivity index (χ1n) is 10.5. The third-order valence-corrected chi connectivity index (χ3v) is 6.00. The van der Waals surface area contributed by atoms with E-state index in [1.807, 2.05) is 36.4 Å². The van der Waals surface area contributed by atoms with Crippen LogP contribution in [0.5, 0.6) is 0 Å². The van der Waals surface area contributed by atoms with Gasteiger partial charge in [0.1, 0.15) is 12.5 Å². The van der Waals surface area contributed by atoms with Crippen molar-refractivity contribution in [3.05, 3.63) is 94.3 Å². The minimum atomic E-state index is -2.41. The molecule has 4 rings (SSSR count). The molecular weight excluding hydrogens is 473 g/mol. The summed E-state index contributed by atoms with van der Waals surface area (Å²) in [5.74, 6) is -17.2. The molecule has 1 aliphatic rings. The van der Waals surface area contributed by atoms with E-state index in [0.29, 0.717) is 0 Å². The predicted octanol–water partition coefficient (Wildman–Crippen LogP) is 4.62. The van der Waals surface area contributed by atoms with Crippen LogP contribution in [-0.2, 0) is 14.3 Å². The van der Waals surface area contributed by atoms with Gasteiger partial charge < -0.3 is 15.6 Å². The minimum Gasteiger partial charge on any atom is -0.481 e. The summed E-state index contributed by atoms with van der Waals surface area (Å²) < 4.78 is 75.6. The van der Waals surface area contributed by atoms with E-state index in [1.165, 1.54) is 0 Å². The molecule has 0 spiro atoms. The predicted molar refractivity (Wildman–Crippen MR) is 114 cm³/mol. The number of carbonyl (C=O) groups excluding carboxylic acids is 1. The number of carboxylic acid groups (broad SMARTS) is 1. The van der Waals surface area contributed by atoms with Crippen LogP contribution in [0.3, 0.4) is 0 Å². The van der Waals surface area contributed by atoms with Crippen molar-refractivity contribution in [2.24, 2.45) is 5.73 Å². The Kier molecular flexibility index (Phi) is 6.58. The van der Waals surface area contributed by atoms with Crippen LogP contribution in [0.25, 0.3) is 11.1 Å². The molecule has 35 heavy (non-hydrogen) atoms. The largest absolute Gasteiger partial charge is 0.481 e. The first-order chi connectivity index (χ1) is 16.6. The van der Waals surface area contributed by atoms with Crippen LogP contribution in [0, 0.1) is 29.1 Å². The van der Waals surface area contributed by atoms with Crippen molar-refractivity contribution in [2.45, 2.75) is 24.3 Å². The average molecular weight is 491 g/mol. The van der Waals surface area contributed by atoms with Gasteiger partial charge in [-0.05, 0) is 22.3 Å². The second kappa shape index (κ2) is 9.46. The molecule has 182 valence electrons. The van der Waals surface area contributed by atoms with Crippen LogP contribution in [0.1, 0.15) is 34.9 Å². The second-order valence-electron chi connectivity index (χ2n) is 8.08. The lowest BCUT2D eigenvalue weighted by Gasteiger charge is -2.24. The van der Waals surface area contributed by atoms with Crippen LogP contribution < -0.4 is 5.73 Å². The van der Waals surface area contributed by atoms with E-state index in [-0.39, 0.29) is 6.61 Å². The van der Waals surface area contributed by atoms with Gasteiger partial charge in [-0.1, -0.05) is 48.5 Å². The molecule has 3 aromatic rings. The zero-order valence-electron chi connectivity index (χ0n) is 17.9. The average Bonchev–Trinajstić information content (AvgIpc) is 3.16. The second-order valence-corrected chi connectivity index (χ2v) is 8.08. The van der Waals surface area contributed by atoms with Gasteiger partial charge in [-0.25, -0.2) is 22.0 Å². The monoisotopic (exact) mass is 491 g/mol. The first kappa shape index (κ1) is 24.3. The number of carbonyl (C=O) groups is 2. The Labute approximate surface area is 195 Å². The summed E-state index contributed by atoms with van der Waals surface area (Å²) in [6.07, 6.45) is -0.992. The number of ether oxygens (including phenoxy) is 1. The quantitative estimate of drug-likeness (QED) is 0.218. The van der Waals surface area contributed by atoms with E-state index < -0.39 is 70.9 Å². The number of nitrogens with two attached hydrogens (primary N) is 1. The molecule has 0 aliphatic heterocycles. The van der Waals surface area contributed by atoms with Gasteiger partial charge in [0.25, 0.3) is 0 Å². The summed E-state index contributed by atoms with van der Waals surface area (Å²) in [7, 11) is 0. The molecule has 0 amide bonds. The summed E-state index contributed by atoms with van der Waals surface area (Å²) in [6.45, 7) is -0.335. The van der Waals surface area contributed by atoms with E-state index in [2.05, 4.69) is 0 Å². The van der Waals surface area contributed by atoms with Crippen molar-refractivity contribution in [3.8, 4) is 11.1 Å². The molecule has 10 heteroatoms. The SMILES string of the molecule is N[C@@H](CC(=O)O)C(C(=O)OCC1c2ccccc2-c2ccccc21)c1c(F)c(F)c(F)c(F)c1F. The fraction of sp³-hybridized carbons (Fsp3) is 0.200. The topological polar surface area (TPSA) is 89.6 Å². The molecule has 0 bridgehead atoms. The van der Waals surface area contributed by atoms with Gasteiger partial charge in [0.2, 0.25) is 5.82 Å². The number of esters is 1. The maximum Gasteiger partial charge on any atom is 0.315 e. The smallest absolute Gasteiger partial charge is 0.315 e. The standard InChI is InChI=1S/C25H18F5NO4/c26-20-19(21(27)23(29)24(30)22(20)28)18(16(31)9-17(32)33)25(34)35-10-15-13-7-3-1-5-11(13)12-6-2-4-8-14(12)15/h1-8,15-16,18H,9-10,31H2,(H,32,33)/t16-,18?/m0/s1. The van der Waals surface area contributed by atoms with Crippen molar-refractivity contribution in [2.75, 3.05) is 6.61 Å². The van der Waals surface area contributed by atoms with Gasteiger partial charge in [-0.2, -0.15) is 0 Å². The molecule has 3 aromatic carbocycles. The Hall–Kier alpha value is -3.79. The lowest BCUT2D eigenvalue weighted by Crippen LogP contribution is -2.38. The van der Waals surface area contributed by atoms with Gasteiger partial charge in [-0.15, -0.1) is 0 Å². The van der Waals surface area contributed by atoms with Gasteiger partial charge >= 0.3 is 11.9 Å². The number of hydrogen-bond acceptors (Lipinski definition) is 4. The van der Waals surface area contributed by atoms with Crippen LogP contribution in [0.4, 0.5) is 22.0 Å². The van der Waals surface area contributed by atoms with Crippen molar-refractivity contribution in [1.82, 2.24) is 0 Å². The number of halogens is 5. The molecule has 0 fully saturated rings. The normalized spacial score (nSPS) is 14.2. The number of fused-ring (bicyclic) bond motifs is 3. The van der Waals surface area contributed by atoms with Crippen LogP contribution in [0.15, 0.2) is 48.5 Å². The number of aliphatic carboxylic acids is 1.